The predicted octanol–water partition coefficient (Wildman–Crippen LogP) is 3.30. The average Bonchev–Trinajstić information content (AvgIpc) is 3.05. The molecular weight excluding hydrogens is 316 g/mol. The minimum absolute atomic E-state index is 0. The molecule has 0 aliphatic rings. The van der Waals surface area contributed by atoms with Gasteiger partial charge in [-0.2, -0.15) is 0 Å². The van der Waals surface area contributed by atoms with E-state index in [0.717, 1.165) is 17.8 Å². The maximum absolute atomic E-state index is 12.6. The van der Waals surface area contributed by atoms with E-state index in [1.165, 1.54) is 5.56 Å². The maximum Gasteiger partial charge on any atom is 0.230 e. The van der Waals surface area contributed by atoms with Crippen molar-refractivity contribution >= 4 is 29.7 Å². The summed E-state index contributed by atoms with van der Waals surface area (Å²) >= 11 is 1.63. The van der Waals surface area contributed by atoms with Gasteiger partial charge in [-0.3, -0.25) is 4.79 Å². The summed E-state index contributed by atoms with van der Waals surface area (Å²) in [6, 6.07) is 14.2. The highest BCUT2D eigenvalue weighted by Gasteiger charge is 2.21. The lowest BCUT2D eigenvalue weighted by Gasteiger charge is -2.25. The summed E-state index contributed by atoms with van der Waals surface area (Å²) < 4.78 is 0. The van der Waals surface area contributed by atoms with Crippen LogP contribution in [0, 0.1) is 0 Å². The molecule has 5 heteroatoms. The molecule has 2 N–H and O–H groups in total. The molecular formula is C17H23ClN2OS. The molecule has 3 nitrogen and oxygen atoms in total. The van der Waals surface area contributed by atoms with E-state index >= 15 is 0 Å². The number of benzene rings is 1. The second kappa shape index (κ2) is 9.62. The molecule has 2 rings (SSSR count). The van der Waals surface area contributed by atoms with E-state index in [1.807, 2.05) is 47.5 Å². The van der Waals surface area contributed by atoms with Gasteiger partial charge in [0.05, 0.1) is 5.92 Å². The van der Waals surface area contributed by atoms with E-state index in [-0.39, 0.29) is 24.2 Å². The zero-order chi connectivity index (χ0) is 15.1. The molecule has 1 amide bonds. The lowest BCUT2D eigenvalue weighted by molar-refractivity contribution is -0.132. The molecule has 0 saturated heterocycles. The zero-order valence-electron chi connectivity index (χ0n) is 12.8. The smallest absolute Gasteiger partial charge is 0.230 e. The number of amides is 1. The monoisotopic (exact) mass is 338 g/mol. The number of nitrogens with two attached hydrogens (primary N) is 1. The van der Waals surface area contributed by atoms with Crippen LogP contribution >= 0.6 is 23.7 Å². The van der Waals surface area contributed by atoms with Crippen LogP contribution in [0.15, 0.2) is 47.8 Å². The fraction of sp³-hybridized carbons (Fsp3) is 0.353. The van der Waals surface area contributed by atoms with Gasteiger partial charge in [-0.05, 0) is 30.4 Å². The molecule has 2 aromatic rings. The van der Waals surface area contributed by atoms with Crippen LogP contribution in [-0.4, -0.2) is 30.4 Å². The molecule has 1 heterocycles. The normalized spacial score (nSPS) is 11.5. The SMILES string of the molecule is CC(C(=O)N(CCN)CCc1ccccc1)c1cccs1.Cl. The lowest BCUT2D eigenvalue weighted by atomic mass is 10.1. The lowest BCUT2D eigenvalue weighted by Crippen LogP contribution is -2.39. The van der Waals surface area contributed by atoms with Crippen LogP contribution in [0.3, 0.4) is 0 Å². The molecule has 1 aromatic carbocycles. The Kier molecular flexibility index (Phi) is 8.17. The van der Waals surface area contributed by atoms with Gasteiger partial charge in [-0.25, -0.2) is 0 Å². The van der Waals surface area contributed by atoms with Gasteiger partial charge < -0.3 is 10.6 Å². The molecule has 0 spiro atoms. The summed E-state index contributed by atoms with van der Waals surface area (Å²) in [6.07, 6.45) is 0.865. The Bertz CT molecular complexity index is 545. The second-order valence-corrected chi connectivity index (χ2v) is 6.07. The number of carbonyl (C=O) groups excluding carboxylic acids is 1. The van der Waals surface area contributed by atoms with Gasteiger partial charge in [0, 0.05) is 24.5 Å². The Morgan fingerprint density at radius 3 is 2.50 bits per heavy atom. The minimum Gasteiger partial charge on any atom is -0.341 e. The average molecular weight is 339 g/mol. The van der Waals surface area contributed by atoms with Gasteiger partial charge >= 0.3 is 0 Å². The number of hydrogen-bond acceptors (Lipinski definition) is 3. The van der Waals surface area contributed by atoms with E-state index < -0.39 is 0 Å². The molecule has 0 aliphatic heterocycles. The van der Waals surface area contributed by atoms with Gasteiger partial charge in [0.15, 0.2) is 0 Å². The number of hydrogen-bond donors (Lipinski definition) is 1. The van der Waals surface area contributed by atoms with Gasteiger partial charge in [0.2, 0.25) is 5.91 Å². The van der Waals surface area contributed by atoms with Crippen LogP contribution in [0.5, 0.6) is 0 Å². The summed E-state index contributed by atoms with van der Waals surface area (Å²) in [4.78, 5) is 15.6. The topological polar surface area (TPSA) is 46.3 Å². The molecule has 1 unspecified atom stereocenters. The van der Waals surface area contributed by atoms with Crippen molar-refractivity contribution in [2.45, 2.75) is 19.3 Å². The highest BCUT2D eigenvalue weighted by atomic mass is 35.5. The summed E-state index contributed by atoms with van der Waals surface area (Å²) in [6.45, 7) is 3.80. The molecule has 120 valence electrons. The Labute approximate surface area is 142 Å². The summed E-state index contributed by atoms with van der Waals surface area (Å²) in [5, 5.41) is 2.01. The van der Waals surface area contributed by atoms with Gasteiger partial charge in [-0.15, -0.1) is 23.7 Å². The molecule has 0 radical (unpaired) electrons. The van der Waals surface area contributed by atoms with E-state index in [1.54, 1.807) is 11.3 Å². The Morgan fingerprint density at radius 1 is 1.18 bits per heavy atom. The molecule has 1 atom stereocenters. The predicted molar refractivity (Wildman–Crippen MR) is 95.8 cm³/mol. The molecule has 0 fully saturated rings. The van der Waals surface area contributed by atoms with E-state index in [0.29, 0.717) is 13.1 Å². The van der Waals surface area contributed by atoms with Crippen LogP contribution in [0.4, 0.5) is 0 Å². The third-order valence-electron chi connectivity index (χ3n) is 3.56. The Balaban J connectivity index is 0.00000242. The minimum atomic E-state index is -0.0904. The zero-order valence-corrected chi connectivity index (χ0v) is 14.4. The van der Waals surface area contributed by atoms with Crippen molar-refractivity contribution in [1.29, 1.82) is 0 Å². The maximum atomic E-state index is 12.6. The molecule has 22 heavy (non-hydrogen) atoms. The van der Waals surface area contributed by atoms with E-state index in [9.17, 15) is 4.79 Å². The van der Waals surface area contributed by atoms with Crippen LogP contribution in [0.25, 0.3) is 0 Å². The number of nitrogens with zero attached hydrogens (tertiary/aromatic N) is 1. The van der Waals surface area contributed by atoms with Crippen molar-refractivity contribution < 1.29 is 4.79 Å². The van der Waals surface area contributed by atoms with Crippen LogP contribution < -0.4 is 5.73 Å². The number of halogens is 1. The van der Waals surface area contributed by atoms with Crippen LogP contribution in [0.2, 0.25) is 0 Å². The summed E-state index contributed by atoms with van der Waals surface area (Å²) in [5.41, 5.74) is 6.91. The molecule has 0 aliphatic carbocycles. The number of carbonyl (C=O) groups is 1. The number of thiophene rings is 1. The van der Waals surface area contributed by atoms with E-state index in [4.69, 9.17) is 5.73 Å². The first kappa shape index (κ1) is 18.7. The number of rotatable bonds is 7. The Morgan fingerprint density at radius 2 is 1.91 bits per heavy atom. The fourth-order valence-electron chi connectivity index (χ4n) is 2.33. The molecule has 0 saturated carbocycles. The van der Waals surface area contributed by atoms with Crippen molar-refractivity contribution in [3.05, 3.63) is 58.3 Å². The van der Waals surface area contributed by atoms with Gasteiger partial charge in [0.25, 0.3) is 0 Å². The van der Waals surface area contributed by atoms with Crippen molar-refractivity contribution in [2.75, 3.05) is 19.6 Å². The third kappa shape index (κ3) is 5.13. The Hall–Kier alpha value is -1.36. The standard InChI is InChI=1S/C17H22N2OS.ClH/c1-14(16-8-5-13-21-16)17(20)19(12-10-18)11-9-15-6-3-2-4-7-15;/h2-8,13-14H,9-12,18H2,1H3;1H. The fourth-order valence-corrected chi connectivity index (χ4v) is 3.11. The van der Waals surface area contributed by atoms with Crippen molar-refractivity contribution in [2.24, 2.45) is 5.73 Å². The van der Waals surface area contributed by atoms with E-state index in [2.05, 4.69) is 12.1 Å². The van der Waals surface area contributed by atoms with Gasteiger partial charge in [0.1, 0.15) is 0 Å². The van der Waals surface area contributed by atoms with Crippen molar-refractivity contribution in [3.63, 3.8) is 0 Å². The van der Waals surface area contributed by atoms with Crippen molar-refractivity contribution in [3.8, 4) is 0 Å². The largest absolute Gasteiger partial charge is 0.341 e. The van der Waals surface area contributed by atoms with Crippen LogP contribution in [0.1, 0.15) is 23.3 Å². The first-order chi connectivity index (χ1) is 10.2. The highest BCUT2D eigenvalue weighted by molar-refractivity contribution is 7.10. The van der Waals surface area contributed by atoms with Crippen molar-refractivity contribution in [1.82, 2.24) is 4.90 Å². The first-order valence-corrected chi connectivity index (χ1v) is 8.16. The second-order valence-electron chi connectivity index (χ2n) is 5.09. The summed E-state index contributed by atoms with van der Waals surface area (Å²) in [5.74, 6) is 0.0751. The van der Waals surface area contributed by atoms with Crippen LogP contribution in [-0.2, 0) is 11.2 Å². The highest BCUT2D eigenvalue weighted by Crippen LogP contribution is 2.22. The van der Waals surface area contributed by atoms with Gasteiger partial charge in [-0.1, -0.05) is 36.4 Å². The summed E-state index contributed by atoms with van der Waals surface area (Å²) in [7, 11) is 0. The quantitative estimate of drug-likeness (QED) is 0.842. The third-order valence-corrected chi connectivity index (χ3v) is 4.62. The molecule has 1 aromatic heterocycles. The molecule has 0 bridgehead atoms. The first-order valence-electron chi connectivity index (χ1n) is 7.28.